The minimum atomic E-state index is 0.486. The van der Waals surface area contributed by atoms with Crippen LogP contribution in [0.2, 0.25) is 0 Å². The number of anilines is 2. The van der Waals surface area contributed by atoms with E-state index >= 15 is 0 Å². The fraction of sp³-hybridized carbons (Fsp3) is 0.444. The summed E-state index contributed by atoms with van der Waals surface area (Å²) in [5, 5.41) is 15.3. The van der Waals surface area contributed by atoms with Crippen LogP contribution in [0.4, 0.5) is 11.6 Å². The SMILES string of the molecule is CNc1ncnc2c1ccn2[C@H]1CC[C@@H](CN(CCCNCCc2ccccc2)c2ccn[nH]2)C1. The molecule has 1 aliphatic rings. The average Bonchev–Trinajstić information content (AvgIpc) is 3.66. The minimum absolute atomic E-state index is 0.486. The topological polar surface area (TPSA) is 86.7 Å². The molecule has 3 heterocycles. The summed E-state index contributed by atoms with van der Waals surface area (Å²) in [5.74, 6) is 2.67. The summed E-state index contributed by atoms with van der Waals surface area (Å²) >= 11 is 0. The van der Waals surface area contributed by atoms with Crippen molar-refractivity contribution in [1.82, 2.24) is 30.0 Å². The number of aromatic amines is 1. The van der Waals surface area contributed by atoms with Crippen molar-refractivity contribution in [3.05, 3.63) is 66.7 Å². The van der Waals surface area contributed by atoms with E-state index in [0.717, 1.165) is 61.7 Å². The van der Waals surface area contributed by atoms with Gasteiger partial charge in [-0.05, 0) is 62.7 Å². The Morgan fingerprint density at radius 1 is 1.09 bits per heavy atom. The summed E-state index contributed by atoms with van der Waals surface area (Å²) in [5.41, 5.74) is 2.42. The van der Waals surface area contributed by atoms with E-state index in [1.165, 1.54) is 24.8 Å². The molecular formula is C27H36N8. The quantitative estimate of drug-likeness (QED) is 0.267. The molecule has 1 aliphatic carbocycles. The minimum Gasteiger partial charge on any atom is -0.372 e. The Hall–Kier alpha value is -3.39. The van der Waals surface area contributed by atoms with Gasteiger partial charge >= 0.3 is 0 Å². The Kier molecular flexibility index (Phi) is 7.58. The van der Waals surface area contributed by atoms with Crippen LogP contribution in [-0.2, 0) is 6.42 Å². The first-order chi connectivity index (χ1) is 17.3. The van der Waals surface area contributed by atoms with Gasteiger partial charge in [0.15, 0.2) is 0 Å². The van der Waals surface area contributed by atoms with Crippen molar-refractivity contribution in [3.8, 4) is 0 Å². The molecule has 0 spiro atoms. The van der Waals surface area contributed by atoms with E-state index in [0.29, 0.717) is 12.0 Å². The second-order valence-corrected chi connectivity index (χ2v) is 9.49. The summed E-state index contributed by atoms with van der Waals surface area (Å²) in [6, 6.07) is 15.4. The van der Waals surface area contributed by atoms with Crippen LogP contribution in [0.3, 0.4) is 0 Å². The van der Waals surface area contributed by atoms with E-state index in [1.54, 1.807) is 6.33 Å². The molecule has 0 amide bonds. The van der Waals surface area contributed by atoms with Gasteiger partial charge < -0.3 is 20.1 Å². The van der Waals surface area contributed by atoms with Gasteiger partial charge in [0.1, 0.15) is 23.6 Å². The maximum atomic E-state index is 4.59. The third-order valence-electron chi connectivity index (χ3n) is 7.17. The molecule has 1 saturated carbocycles. The standard InChI is InChI=1S/C27H36N8/c1-28-26-24-12-17-35(27(24)31-20-30-26)23-9-8-22(18-23)19-34(25-11-15-32-33-25)16-5-13-29-14-10-21-6-3-2-4-7-21/h2-4,6-7,11-12,15,17,20,22-23,29H,5,8-10,13-14,16,18-19H2,1H3,(H,32,33)(H,28,30,31)/t22-,23+/m1/s1. The summed E-state index contributed by atoms with van der Waals surface area (Å²) in [4.78, 5) is 11.4. The first-order valence-electron chi connectivity index (χ1n) is 12.8. The van der Waals surface area contributed by atoms with Gasteiger partial charge in [-0.2, -0.15) is 5.10 Å². The van der Waals surface area contributed by atoms with Crippen molar-refractivity contribution in [2.75, 3.05) is 43.4 Å². The van der Waals surface area contributed by atoms with E-state index in [-0.39, 0.29) is 0 Å². The van der Waals surface area contributed by atoms with Gasteiger partial charge in [0.05, 0.1) is 11.6 Å². The van der Waals surface area contributed by atoms with Crippen LogP contribution in [0.25, 0.3) is 11.0 Å². The Bertz CT molecular complexity index is 1170. The lowest BCUT2D eigenvalue weighted by molar-refractivity contribution is 0.474. The molecule has 5 rings (SSSR count). The van der Waals surface area contributed by atoms with E-state index in [2.05, 4.69) is 88.9 Å². The number of nitrogens with zero attached hydrogens (tertiary/aromatic N) is 5. The number of hydrogen-bond acceptors (Lipinski definition) is 6. The summed E-state index contributed by atoms with van der Waals surface area (Å²) in [6.07, 6.45) is 11.5. The normalized spacial score (nSPS) is 17.7. The van der Waals surface area contributed by atoms with Crippen LogP contribution in [-0.4, -0.2) is 58.0 Å². The number of fused-ring (bicyclic) bond motifs is 1. The first kappa shape index (κ1) is 23.4. The van der Waals surface area contributed by atoms with Crippen LogP contribution in [0, 0.1) is 5.92 Å². The molecule has 2 atom stereocenters. The van der Waals surface area contributed by atoms with Gasteiger partial charge in [-0.15, -0.1) is 0 Å². The second-order valence-electron chi connectivity index (χ2n) is 9.49. The van der Waals surface area contributed by atoms with Crippen molar-refractivity contribution in [2.45, 2.75) is 38.1 Å². The largest absolute Gasteiger partial charge is 0.372 e. The second kappa shape index (κ2) is 11.4. The number of benzene rings is 1. The highest BCUT2D eigenvalue weighted by molar-refractivity contribution is 5.87. The van der Waals surface area contributed by atoms with Gasteiger partial charge in [0, 0.05) is 38.4 Å². The molecule has 1 fully saturated rings. The molecule has 35 heavy (non-hydrogen) atoms. The Balaban J connectivity index is 1.13. The molecule has 0 unspecified atom stereocenters. The van der Waals surface area contributed by atoms with Gasteiger partial charge in [-0.1, -0.05) is 30.3 Å². The molecule has 0 aliphatic heterocycles. The van der Waals surface area contributed by atoms with Gasteiger partial charge in [-0.25, -0.2) is 9.97 Å². The zero-order valence-electron chi connectivity index (χ0n) is 20.5. The molecule has 184 valence electrons. The van der Waals surface area contributed by atoms with Gasteiger partial charge in [0.25, 0.3) is 0 Å². The zero-order valence-corrected chi connectivity index (χ0v) is 20.5. The number of H-pyrrole nitrogens is 1. The first-order valence-corrected chi connectivity index (χ1v) is 12.8. The van der Waals surface area contributed by atoms with E-state index < -0.39 is 0 Å². The average molecular weight is 473 g/mol. The highest BCUT2D eigenvalue weighted by atomic mass is 15.3. The number of aromatic nitrogens is 5. The Labute approximate surface area is 207 Å². The molecule has 4 aromatic rings. The van der Waals surface area contributed by atoms with Crippen molar-refractivity contribution < 1.29 is 0 Å². The van der Waals surface area contributed by atoms with Gasteiger partial charge in [-0.3, -0.25) is 5.10 Å². The number of rotatable bonds is 12. The lowest BCUT2D eigenvalue weighted by Gasteiger charge is -2.26. The Morgan fingerprint density at radius 3 is 2.83 bits per heavy atom. The summed E-state index contributed by atoms with van der Waals surface area (Å²) in [6.45, 7) is 4.11. The number of nitrogens with one attached hydrogen (secondary N) is 3. The molecule has 0 bridgehead atoms. The molecule has 0 radical (unpaired) electrons. The summed E-state index contributed by atoms with van der Waals surface area (Å²) in [7, 11) is 1.91. The lowest BCUT2D eigenvalue weighted by atomic mass is 10.1. The molecule has 3 N–H and O–H groups in total. The van der Waals surface area contributed by atoms with E-state index in [4.69, 9.17) is 0 Å². The molecular weight excluding hydrogens is 436 g/mol. The lowest BCUT2D eigenvalue weighted by Crippen LogP contribution is -2.32. The monoisotopic (exact) mass is 472 g/mol. The zero-order chi connectivity index (χ0) is 23.9. The van der Waals surface area contributed by atoms with Crippen LogP contribution >= 0.6 is 0 Å². The van der Waals surface area contributed by atoms with Crippen LogP contribution < -0.4 is 15.5 Å². The van der Waals surface area contributed by atoms with Crippen molar-refractivity contribution in [2.24, 2.45) is 5.92 Å². The third kappa shape index (κ3) is 5.65. The van der Waals surface area contributed by atoms with E-state index in [9.17, 15) is 0 Å². The van der Waals surface area contributed by atoms with Crippen molar-refractivity contribution in [3.63, 3.8) is 0 Å². The molecule has 8 nitrogen and oxygen atoms in total. The molecule has 8 heteroatoms. The molecule has 1 aromatic carbocycles. The maximum absolute atomic E-state index is 4.59. The van der Waals surface area contributed by atoms with Gasteiger partial charge in [0.2, 0.25) is 0 Å². The van der Waals surface area contributed by atoms with Crippen molar-refractivity contribution >= 4 is 22.7 Å². The van der Waals surface area contributed by atoms with Crippen LogP contribution in [0.1, 0.15) is 37.3 Å². The fourth-order valence-corrected chi connectivity index (χ4v) is 5.38. The smallest absolute Gasteiger partial charge is 0.145 e. The van der Waals surface area contributed by atoms with Crippen LogP contribution in [0.15, 0.2) is 61.2 Å². The molecule has 0 saturated heterocycles. The maximum Gasteiger partial charge on any atom is 0.145 e. The third-order valence-corrected chi connectivity index (χ3v) is 7.17. The predicted octanol–water partition coefficient (Wildman–Crippen LogP) is 4.27. The highest BCUT2D eigenvalue weighted by Gasteiger charge is 2.29. The fourth-order valence-electron chi connectivity index (χ4n) is 5.38. The van der Waals surface area contributed by atoms with Crippen molar-refractivity contribution in [1.29, 1.82) is 0 Å². The van der Waals surface area contributed by atoms with Crippen LogP contribution in [0.5, 0.6) is 0 Å². The molecule has 3 aromatic heterocycles. The number of hydrogen-bond donors (Lipinski definition) is 3. The predicted molar refractivity (Wildman–Crippen MR) is 142 cm³/mol. The summed E-state index contributed by atoms with van der Waals surface area (Å²) < 4.78 is 2.36. The van der Waals surface area contributed by atoms with E-state index in [1.807, 2.05) is 13.2 Å². The Morgan fingerprint density at radius 2 is 2.00 bits per heavy atom. The highest BCUT2D eigenvalue weighted by Crippen LogP contribution is 2.37.